The molecular formula is C13H16N2O4. The minimum absolute atomic E-state index is 0.0177. The van der Waals surface area contributed by atoms with E-state index >= 15 is 0 Å². The van der Waals surface area contributed by atoms with Gasteiger partial charge in [0.2, 0.25) is 5.91 Å². The maximum atomic E-state index is 11.0. The number of amides is 1. The lowest BCUT2D eigenvalue weighted by molar-refractivity contribution is -0.131. The number of aromatic nitrogens is 1. The van der Waals surface area contributed by atoms with E-state index in [1.807, 2.05) is 0 Å². The van der Waals surface area contributed by atoms with Crippen LogP contribution in [-0.2, 0) is 9.59 Å². The number of carbonyl (C=O) groups is 2. The minimum atomic E-state index is -1.02. The van der Waals surface area contributed by atoms with Gasteiger partial charge in [-0.15, -0.1) is 0 Å². The molecule has 0 aromatic carbocycles. The van der Waals surface area contributed by atoms with Gasteiger partial charge in [-0.3, -0.25) is 9.78 Å². The highest BCUT2D eigenvalue weighted by atomic mass is 16.5. The molecule has 1 amide bonds. The first-order chi connectivity index (χ1) is 9.11. The zero-order chi connectivity index (χ0) is 14.1. The molecule has 0 atom stereocenters. The summed E-state index contributed by atoms with van der Waals surface area (Å²) in [6, 6.07) is 3.36. The number of hydrogen-bond acceptors (Lipinski definition) is 4. The molecule has 6 heteroatoms. The zero-order valence-electron chi connectivity index (χ0n) is 10.6. The molecule has 0 fully saturated rings. The van der Waals surface area contributed by atoms with Crippen LogP contribution in [0.15, 0.2) is 24.4 Å². The van der Waals surface area contributed by atoms with Crippen molar-refractivity contribution in [2.75, 3.05) is 13.7 Å². The summed E-state index contributed by atoms with van der Waals surface area (Å²) < 4.78 is 5.40. The Morgan fingerprint density at radius 1 is 1.47 bits per heavy atom. The van der Waals surface area contributed by atoms with Crippen molar-refractivity contribution in [3.05, 3.63) is 30.1 Å². The first-order valence-electron chi connectivity index (χ1n) is 5.82. The molecule has 0 saturated carbocycles. The number of hydrogen-bond donors (Lipinski definition) is 2. The molecule has 0 aliphatic carbocycles. The largest absolute Gasteiger partial charge is 0.492 e. The number of ether oxygens (including phenoxy) is 1. The molecule has 0 radical (unpaired) electrons. The number of carboxylic acid groups (broad SMARTS) is 1. The summed E-state index contributed by atoms with van der Waals surface area (Å²) in [4.78, 5) is 25.3. The summed E-state index contributed by atoms with van der Waals surface area (Å²) in [5, 5.41) is 11.0. The van der Waals surface area contributed by atoms with Crippen LogP contribution < -0.4 is 10.1 Å². The van der Waals surface area contributed by atoms with Crippen LogP contribution in [0.2, 0.25) is 0 Å². The normalized spacial score (nSPS) is 10.4. The maximum Gasteiger partial charge on any atom is 0.328 e. The third kappa shape index (κ3) is 6.21. The van der Waals surface area contributed by atoms with Crippen LogP contribution in [0.5, 0.6) is 5.75 Å². The van der Waals surface area contributed by atoms with Crippen molar-refractivity contribution in [1.29, 1.82) is 0 Å². The van der Waals surface area contributed by atoms with Crippen LogP contribution in [0.4, 0.5) is 0 Å². The van der Waals surface area contributed by atoms with Gasteiger partial charge in [0, 0.05) is 19.5 Å². The Kier molecular flexibility index (Phi) is 6.08. The Bertz CT molecular complexity index is 454. The second-order valence-corrected chi connectivity index (χ2v) is 3.72. The average Bonchev–Trinajstić information content (AvgIpc) is 2.42. The minimum Gasteiger partial charge on any atom is -0.492 e. The van der Waals surface area contributed by atoms with Gasteiger partial charge in [0.25, 0.3) is 0 Å². The van der Waals surface area contributed by atoms with E-state index in [-0.39, 0.29) is 5.91 Å². The first-order valence-corrected chi connectivity index (χ1v) is 5.82. The zero-order valence-corrected chi connectivity index (χ0v) is 10.6. The molecule has 1 rings (SSSR count). The van der Waals surface area contributed by atoms with Crippen molar-refractivity contribution in [3.8, 4) is 5.75 Å². The van der Waals surface area contributed by atoms with Gasteiger partial charge < -0.3 is 15.2 Å². The van der Waals surface area contributed by atoms with Crippen LogP contribution in [0, 0.1) is 0 Å². The van der Waals surface area contributed by atoms with Crippen LogP contribution in [0.25, 0.3) is 6.08 Å². The lowest BCUT2D eigenvalue weighted by atomic mass is 10.3. The Balaban J connectivity index is 2.36. The van der Waals surface area contributed by atoms with Gasteiger partial charge in [-0.05, 0) is 24.6 Å². The Morgan fingerprint density at radius 2 is 2.26 bits per heavy atom. The monoisotopic (exact) mass is 264 g/mol. The third-order valence-electron chi connectivity index (χ3n) is 2.25. The van der Waals surface area contributed by atoms with Gasteiger partial charge in [0.1, 0.15) is 5.75 Å². The van der Waals surface area contributed by atoms with Crippen LogP contribution in [0.1, 0.15) is 18.5 Å². The van der Waals surface area contributed by atoms with Crippen molar-refractivity contribution < 1.29 is 19.4 Å². The summed E-state index contributed by atoms with van der Waals surface area (Å²) in [5.74, 6) is -0.448. The maximum absolute atomic E-state index is 11.0. The molecule has 6 nitrogen and oxygen atoms in total. The number of carboxylic acids is 1. The second-order valence-electron chi connectivity index (χ2n) is 3.72. The first kappa shape index (κ1) is 14.7. The van der Waals surface area contributed by atoms with E-state index in [2.05, 4.69) is 10.3 Å². The van der Waals surface area contributed by atoms with Gasteiger partial charge in [0.05, 0.1) is 18.5 Å². The van der Waals surface area contributed by atoms with Gasteiger partial charge in [-0.1, -0.05) is 0 Å². The molecule has 1 heterocycles. The number of rotatable bonds is 7. The predicted octanol–water partition coefficient (Wildman–Crippen LogP) is 1.08. The Labute approximate surface area is 111 Å². The van der Waals surface area contributed by atoms with Crippen molar-refractivity contribution in [3.63, 3.8) is 0 Å². The number of pyridine rings is 1. The fourth-order valence-electron chi connectivity index (χ4n) is 1.28. The average molecular weight is 264 g/mol. The quantitative estimate of drug-likeness (QED) is 0.568. The molecule has 1 aromatic heterocycles. The molecule has 1 aromatic rings. The standard InChI is InChI=1S/C13H16N2O4/c1-14-12(16)3-2-8-19-11-6-4-10(15-9-11)5-7-13(17)18/h4-7,9H,2-3,8H2,1H3,(H,14,16)(H,17,18). The Morgan fingerprint density at radius 3 is 2.84 bits per heavy atom. The van der Waals surface area contributed by atoms with Crippen molar-refractivity contribution in [2.45, 2.75) is 12.8 Å². The molecule has 0 saturated heterocycles. The molecule has 2 N–H and O–H groups in total. The van der Waals surface area contributed by atoms with Gasteiger partial charge >= 0.3 is 5.97 Å². The fourth-order valence-corrected chi connectivity index (χ4v) is 1.28. The lowest BCUT2D eigenvalue weighted by Gasteiger charge is -2.05. The summed E-state index contributed by atoms with van der Waals surface area (Å²) in [6.07, 6.45) is 4.98. The molecule has 0 unspecified atom stereocenters. The fraction of sp³-hybridized carbons (Fsp3) is 0.308. The van der Waals surface area contributed by atoms with Crippen LogP contribution in [0.3, 0.4) is 0 Å². The molecule has 102 valence electrons. The number of nitrogens with zero attached hydrogens (tertiary/aromatic N) is 1. The summed E-state index contributed by atoms with van der Waals surface area (Å²) in [5.41, 5.74) is 0.542. The molecule has 0 aliphatic rings. The Hall–Kier alpha value is -2.37. The van der Waals surface area contributed by atoms with E-state index < -0.39 is 5.97 Å². The number of nitrogens with one attached hydrogen (secondary N) is 1. The molecular weight excluding hydrogens is 248 g/mol. The van der Waals surface area contributed by atoms with E-state index in [1.54, 1.807) is 19.2 Å². The van der Waals surface area contributed by atoms with Crippen LogP contribution >= 0.6 is 0 Å². The highest BCUT2D eigenvalue weighted by Gasteiger charge is 1.99. The van der Waals surface area contributed by atoms with E-state index in [0.29, 0.717) is 30.9 Å². The number of aliphatic carboxylic acids is 1. The summed E-state index contributed by atoms with van der Waals surface area (Å²) in [7, 11) is 1.59. The molecule has 19 heavy (non-hydrogen) atoms. The van der Waals surface area contributed by atoms with Gasteiger partial charge in [-0.2, -0.15) is 0 Å². The molecule has 0 aliphatic heterocycles. The molecule has 0 bridgehead atoms. The SMILES string of the molecule is CNC(=O)CCCOc1ccc(C=CC(=O)O)nc1. The van der Waals surface area contributed by atoms with Crippen LogP contribution in [-0.4, -0.2) is 35.6 Å². The van der Waals surface area contributed by atoms with E-state index in [1.165, 1.54) is 12.3 Å². The number of carbonyl (C=O) groups excluding carboxylic acids is 1. The van der Waals surface area contributed by atoms with Crippen molar-refractivity contribution >= 4 is 18.0 Å². The predicted molar refractivity (Wildman–Crippen MR) is 69.7 cm³/mol. The van der Waals surface area contributed by atoms with E-state index in [0.717, 1.165) is 6.08 Å². The summed E-state index contributed by atoms with van der Waals surface area (Å²) in [6.45, 7) is 0.430. The lowest BCUT2D eigenvalue weighted by Crippen LogP contribution is -2.18. The van der Waals surface area contributed by atoms with Gasteiger partial charge in [0.15, 0.2) is 0 Å². The van der Waals surface area contributed by atoms with E-state index in [4.69, 9.17) is 9.84 Å². The van der Waals surface area contributed by atoms with E-state index in [9.17, 15) is 9.59 Å². The van der Waals surface area contributed by atoms with Crippen molar-refractivity contribution in [2.24, 2.45) is 0 Å². The topological polar surface area (TPSA) is 88.5 Å². The van der Waals surface area contributed by atoms with Crippen molar-refractivity contribution in [1.82, 2.24) is 10.3 Å². The highest BCUT2D eigenvalue weighted by molar-refractivity contribution is 5.84. The summed E-state index contributed by atoms with van der Waals surface area (Å²) >= 11 is 0. The second kappa shape index (κ2) is 7.86. The van der Waals surface area contributed by atoms with Gasteiger partial charge in [-0.25, -0.2) is 4.79 Å². The third-order valence-corrected chi connectivity index (χ3v) is 2.25. The molecule has 0 spiro atoms. The smallest absolute Gasteiger partial charge is 0.328 e. The highest BCUT2D eigenvalue weighted by Crippen LogP contribution is 2.10.